The lowest BCUT2D eigenvalue weighted by Crippen LogP contribution is -2.01. The first-order valence-electron chi connectivity index (χ1n) is 29.5. The van der Waals surface area contributed by atoms with Crippen molar-refractivity contribution in [2.24, 2.45) is 0 Å². The van der Waals surface area contributed by atoms with Crippen LogP contribution in [0.25, 0.3) is 181 Å². The van der Waals surface area contributed by atoms with E-state index in [2.05, 4.69) is 248 Å². The third-order valence-corrected chi connectivity index (χ3v) is 18.4. The summed E-state index contributed by atoms with van der Waals surface area (Å²) < 4.78 is 22.7. The van der Waals surface area contributed by atoms with Crippen LogP contribution in [0.4, 0.5) is 5.69 Å². The molecule has 0 N–H and O–H groups in total. The average Bonchev–Trinajstić information content (AvgIpc) is 1.79. The van der Waals surface area contributed by atoms with Gasteiger partial charge in [0.1, 0.15) is 28.4 Å². The van der Waals surface area contributed by atoms with Gasteiger partial charge < -0.3 is 27.1 Å². The summed E-state index contributed by atoms with van der Waals surface area (Å²) in [6, 6.07) is 96.3. The zero-order valence-corrected chi connectivity index (χ0v) is 46.9. The van der Waals surface area contributed by atoms with Gasteiger partial charge >= 0.3 is 0 Å². The topological polar surface area (TPSA) is 74.2 Å². The lowest BCUT2D eigenvalue weighted by molar-refractivity contribution is 0.672. The Labute approximate surface area is 501 Å². The Hall–Kier alpha value is -12.4. The number of fused-ring (bicyclic) bond motifs is 20. The van der Waals surface area contributed by atoms with E-state index < -0.39 is 0 Å². The summed E-state index contributed by atoms with van der Waals surface area (Å²) in [4.78, 5) is 4.35. The predicted molar refractivity (Wildman–Crippen MR) is 360 cm³/mol. The van der Waals surface area contributed by atoms with E-state index in [1.54, 1.807) is 0 Å². The summed E-state index contributed by atoms with van der Waals surface area (Å²) in [6.45, 7) is 9.04. The largest absolute Gasteiger partial charge is 0.455 e. The molecule has 88 heavy (non-hydrogen) atoms. The maximum Gasteiger partial charge on any atom is 0.212 e. The molecule has 0 saturated carbocycles. The average molecular weight is 1120 g/mol. The molecule has 0 saturated heterocycles. The van der Waals surface area contributed by atoms with Crippen molar-refractivity contribution < 1.29 is 8.83 Å². The van der Waals surface area contributed by atoms with Crippen molar-refractivity contribution in [3.63, 3.8) is 0 Å². The minimum atomic E-state index is 0.390. The van der Waals surface area contributed by atoms with Gasteiger partial charge in [-0.1, -0.05) is 133 Å². The molecule has 0 radical (unpaired) electrons. The summed E-state index contributed by atoms with van der Waals surface area (Å²) in [7, 11) is 0. The van der Waals surface area contributed by atoms with Gasteiger partial charge in [-0.05, 0) is 156 Å². The Morgan fingerprint density at radius 1 is 0.307 bits per heavy atom. The Balaban J connectivity index is 0.821. The molecule has 13 aromatic carbocycles. The number of para-hydroxylation sites is 6. The van der Waals surface area contributed by atoms with Crippen molar-refractivity contribution in [2.75, 3.05) is 0 Å². The molecule has 0 atom stereocenters. The molecule has 8 nitrogen and oxygen atoms in total. The molecule has 0 aliphatic rings. The molecule has 19 aromatic rings. The van der Waals surface area contributed by atoms with Crippen LogP contribution in [-0.4, -0.2) is 18.3 Å². The van der Waals surface area contributed by atoms with Crippen LogP contribution in [0.5, 0.6) is 0 Å². The number of furan rings is 2. The summed E-state index contributed by atoms with van der Waals surface area (Å²) in [6.07, 6.45) is 0. The highest BCUT2D eigenvalue weighted by molar-refractivity contribution is 6.26. The monoisotopic (exact) mass is 1120 g/mol. The van der Waals surface area contributed by atoms with Gasteiger partial charge in [-0.25, -0.2) is 4.85 Å². The van der Waals surface area contributed by atoms with E-state index in [1.165, 1.54) is 10.8 Å². The SMILES string of the molecule is [C-]#[N+]c1cc(-n2c3ccc(-c4ccc5c(c4)c4ccccc4n5-c4ccccc4)cc3c3c4oc5ccccc5c4ccc32)c(C#N)cc1-n1c2ccc(-c3ccc4c(c3)c3ccccc3n4-c3ccccc3)cc2c2c3oc4ccccc4c3ccc21. The molecule has 0 amide bonds. The summed E-state index contributed by atoms with van der Waals surface area (Å²) in [5.74, 6) is 0. The van der Waals surface area contributed by atoms with E-state index in [0.29, 0.717) is 22.6 Å². The smallest absolute Gasteiger partial charge is 0.212 e. The second-order valence-corrected chi connectivity index (χ2v) is 22.9. The highest BCUT2D eigenvalue weighted by Crippen LogP contribution is 2.48. The van der Waals surface area contributed by atoms with Crippen molar-refractivity contribution >= 4 is 137 Å². The van der Waals surface area contributed by atoms with Gasteiger partial charge in [0.25, 0.3) is 0 Å². The van der Waals surface area contributed by atoms with E-state index in [9.17, 15) is 5.26 Å². The molecule has 406 valence electrons. The standard InChI is InChI=1S/C80H44N6O2/c1-82-64-45-73(85-69-36-30-49(42-62(69)77-71(85)38-32-58-56-22-10-14-26-75(56)87-79(58)77)47-28-34-67-60(40-47)54-20-8-12-24-65(54)83(67)52-16-4-2-5-17-52)51(46-81)44-74(64)86-70-37-31-50(43-63(70)78-72(86)39-33-59-57-23-11-15-27-76(57)88-80(59)78)48-29-35-68-61(41-48)55-21-9-13-25-66(55)84(68)53-18-6-3-7-19-53/h2-45H. The first kappa shape index (κ1) is 48.1. The quantitative estimate of drug-likeness (QED) is 0.156. The number of nitriles is 1. The number of aromatic nitrogens is 4. The van der Waals surface area contributed by atoms with Crippen LogP contribution >= 0.6 is 0 Å². The van der Waals surface area contributed by atoms with Gasteiger partial charge in [0.05, 0.1) is 78.4 Å². The van der Waals surface area contributed by atoms with Gasteiger partial charge in [0, 0.05) is 65.2 Å². The highest BCUT2D eigenvalue weighted by atomic mass is 16.3. The van der Waals surface area contributed by atoms with Crippen molar-refractivity contribution in [2.45, 2.75) is 0 Å². The maximum absolute atomic E-state index is 11.6. The Bertz CT molecular complexity index is 5940. The number of hydrogen-bond acceptors (Lipinski definition) is 3. The summed E-state index contributed by atoms with van der Waals surface area (Å²) in [5.41, 5.74) is 19.6. The number of nitrogens with zero attached hydrogens (tertiary/aromatic N) is 6. The van der Waals surface area contributed by atoms with Crippen LogP contribution in [0.15, 0.2) is 276 Å². The number of benzene rings is 13. The van der Waals surface area contributed by atoms with Crippen LogP contribution in [-0.2, 0) is 0 Å². The first-order valence-corrected chi connectivity index (χ1v) is 29.5. The Morgan fingerprint density at radius 2 is 0.682 bits per heavy atom. The normalized spacial score (nSPS) is 12.1. The molecular formula is C80H44N6O2. The van der Waals surface area contributed by atoms with E-state index >= 15 is 0 Å². The third-order valence-electron chi connectivity index (χ3n) is 18.4. The molecular weight excluding hydrogens is 1080 g/mol. The van der Waals surface area contributed by atoms with Crippen LogP contribution in [0.2, 0.25) is 0 Å². The zero-order valence-electron chi connectivity index (χ0n) is 46.9. The Morgan fingerprint density at radius 3 is 1.14 bits per heavy atom. The van der Waals surface area contributed by atoms with Crippen molar-refractivity contribution in [1.82, 2.24) is 18.3 Å². The van der Waals surface area contributed by atoms with Gasteiger partial charge in [0.15, 0.2) is 0 Å². The fraction of sp³-hybridized carbons (Fsp3) is 0. The number of rotatable bonds is 6. The number of hydrogen-bond donors (Lipinski definition) is 0. The fourth-order valence-electron chi connectivity index (χ4n) is 14.6. The molecule has 6 heterocycles. The van der Waals surface area contributed by atoms with Crippen molar-refractivity contribution in [3.05, 3.63) is 284 Å². The lowest BCUT2D eigenvalue weighted by atomic mass is 10.00. The summed E-state index contributed by atoms with van der Waals surface area (Å²) >= 11 is 0. The van der Waals surface area contributed by atoms with E-state index in [-0.39, 0.29) is 0 Å². The lowest BCUT2D eigenvalue weighted by Gasteiger charge is -2.16. The fourth-order valence-corrected chi connectivity index (χ4v) is 14.6. The van der Waals surface area contributed by atoms with Crippen LogP contribution in [0.1, 0.15) is 5.56 Å². The summed E-state index contributed by atoms with van der Waals surface area (Å²) in [5, 5.41) is 24.1. The van der Waals surface area contributed by atoms with Gasteiger partial charge in [0.2, 0.25) is 5.69 Å². The molecule has 0 aliphatic heterocycles. The van der Waals surface area contributed by atoms with Gasteiger partial charge in [-0.2, -0.15) is 5.26 Å². The molecule has 0 bridgehead atoms. The second kappa shape index (κ2) is 18.1. The van der Waals surface area contributed by atoms with Gasteiger partial charge in [-0.15, -0.1) is 0 Å². The zero-order chi connectivity index (χ0) is 57.9. The highest BCUT2D eigenvalue weighted by Gasteiger charge is 2.26. The minimum Gasteiger partial charge on any atom is -0.455 e. The second-order valence-electron chi connectivity index (χ2n) is 22.9. The molecule has 8 heteroatoms. The van der Waals surface area contributed by atoms with E-state index in [0.717, 1.165) is 154 Å². The van der Waals surface area contributed by atoms with Crippen molar-refractivity contribution in [1.29, 1.82) is 5.26 Å². The molecule has 0 fully saturated rings. The minimum absolute atomic E-state index is 0.390. The van der Waals surface area contributed by atoms with E-state index in [4.69, 9.17) is 15.4 Å². The van der Waals surface area contributed by atoms with E-state index in [1.807, 2.05) is 48.5 Å². The third kappa shape index (κ3) is 6.65. The molecule has 0 spiro atoms. The molecule has 19 rings (SSSR count). The molecule has 6 aromatic heterocycles. The first-order chi connectivity index (χ1) is 43.6. The molecule has 0 aliphatic carbocycles. The maximum atomic E-state index is 11.6. The van der Waals surface area contributed by atoms with Crippen molar-refractivity contribution in [3.8, 4) is 51.1 Å². The van der Waals surface area contributed by atoms with Crippen LogP contribution < -0.4 is 0 Å². The van der Waals surface area contributed by atoms with Crippen LogP contribution in [0, 0.1) is 17.9 Å². The predicted octanol–water partition coefficient (Wildman–Crippen LogP) is 21.6. The van der Waals surface area contributed by atoms with Gasteiger partial charge in [-0.3, -0.25) is 0 Å². The van der Waals surface area contributed by atoms with Crippen LogP contribution in [0.3, 0.4) is 0 Å². The molecule has 0 unspecified atom stereocenters. The Kier molecular flexibility index (Phi) is 9.87.